The van der Waals surface area contributed by atoms with E-state index in [-0.39, 0.29) is 0 Å². The Morgan fingerprint density at radius 3 is 1.80 bits per heavy atom. The Kier molecular flexibility index (Phi) is 5.54. The maximum Gasteiger partial charge on any atom is 0.235 e. The van der Waals surface area contributed by atoms with E-state index in [2.05, 4.69) is 180 Å². The molecule has 0 aliphatic carbocycles. The molecule has 0 saturated carbocycles. The normalized spacial score (nSPS) is 12.5. The SMILES string of the molecule is Cc1ccc(-c2nc(-n3c4c5ccccc5cc5c6cccc7c8ccccc8n(c8cc9ccccc9c3c8c54)c67)nc3c2ccc2ccccc23)cc1. The maximum absolute atomic E-state index is 5.64. The van der Waals surface area contributed by atoms with Gasteiger partial charge in [-0.15, -0.1) is 0 Å². The number of nitrogens with zero attached hydrogens (tertiary/aromatic N) is 4. The molecule has 0 aliphatic rings. The van der Waals surface area contributed by atoms with Gasteiger partial charge in [0.1, 0.15) is 0 Å². The van der Waals surface area contributed by atoms with Crippen molar-refractivity contribution >= 4 is 103 Å². The number of benzene rings is 9. The van der Waals surface area contributed by atoms with Crippen molar-refractivity contribution in [1.29, 1.82) is 0 Å². The molecule has 4 nitrogen and oxygen atoms in total. The first kappa shape index (κ1) is 29.2. The summed E-state index contributed by atoms with van der Waals surface area (Å²) < 4.78 is 4.92. The molecule has 0 bridgehead atoms. The summed E-state index contributed by atoms with van der Waals surface area (Å²) in [5.74, 6) is 0.667. The minimum Gasteiger partial charge on any atom is -0.308 e. The van der Waals surface area contributed by atoms with Gasteiger partial charge in [-0.2, -0.15) is 0 Å². The second-order valence-electron chi connectivity index (χ2n) is 15.0. The van der Waals surface area contributed by atoms with Crippen LogP contribution < -0.4 is 0 Å². The third kappa shape index (κ3) is 3.75. The zero-order valence-corrected chi connectivity index (χ0v) is 29.9. The van der Waals surface area contributed by atoms with Gasteiger partial charge in [-0.25, -0.2) is 9.97 Å². The first-order valence-corrected chi connectivity index (χ1v) is 18.9. The molecule has 9 aromatic carbocycles. The number of para-hydroxylation sites is 2. The topological polar surface area (TPSA) is 35.1 Å². The van der Waals surface area contributed by atoms with Gasteiger partial charge in [-0.1, -0.05) is 145 Å². The molecule has 4 heterocycles. The lowest BCUT2D eigenvalue weighted by atomic mass is 9.98. The Bertz CT molecular complexity index is 3770. The molecule has 0 atom stereocenters. The lowest BCUT2D eigenvalue weighted by Gasteiger charge is -2.15. The molecule has 0 N–H and O–H groups in total. The highest BCUT2D eigenvalue weighted by molar-refractivity contribution is 6.38. The highest BCUT2D eigenvalue weighted by Gasteiger charge is 2.27. The summed E-state index contributed by atoms with van der Waals surface area (Å²) in [4.78, 5) is 11.3. The molecule has 0 aliphatic heterocycles. The van der Waals surface area contributed by atoms with Crippen LogP contribution in [0.15, 0.2) is 164 Å². The summed E-state index contributed by atoms with van der Waals surface area (Å²) in [5.41, 5.74) is 10.0. The number of aromatic nitrogens is 4. The second kappa shape index (κ2) is 10.4. The molecule has 0 unspecified atom stereocenters. The molecule has 254 valence electrons. The third-order valence-electron chi connectivity index (χ3n) is 12.1. The van der Waals surface area contributed by atoms with Gasteiger partial charge in [0.2, 0.25) is 5.95 Å². The Hall–Kier alpha value is -7.30. The summed E-state index contributed by atoms with van der Waals surface area (Å²) in [5, 5.41) is 15.5. The van der Waals surface area contributed by atoms with Crippen molar-refractivity contribution in [1.82, 2.24) is 18.9 Å². The van der Waals surface area contributed by atoms with Gasteiger partial charge >= 0.3 is 0 Å². The average Bonchev–Trinajstić information content (AvgIpc) is 3.74. The second-order valence-corrected chi connectivity index (χ2v) is 15.0. The Morgan fingerprint density at radius 1 is 0.400 bits per heavy atom. The van der Waals surface area contributed by atoms with E-state index in [1.807, 2.05) is 0 Å². The minimum atomic E-state index is 0.667. The maximum atomic E-state index is 5.64. The summed E-state index contributed by atoms with van der Waals surface area (Å²) in [6, 6.07) is 59.9. The van der Waals surface area contributed by atoms with Crippen LogP contribution >= 0.6 is 0 Å². The highest BCUT2D eigenvalue weighted by atomic mass is 15.2. The Morgan fingerprint density at radius 2 is 1.02 bits per heavy atom. The highest BCUT2D eigenvalue weighted by Crippen LogP contribution is 2.48. The van der Waals surface area contributed by atoms with E-state index in [0.717, 1.165) is 44.0 Å². The van der Waals surface area contributed by atoms with Crippen molar-refractivity contribution in [3.8, 4) is 17.2 Å². The molecule has 0 saturated heterocycles. The van der Waals surface area contributed by atoms with Gasteiger partial charge in [-0.05, 0) is 52.7 Å². The summed E-state index contributed by atoms with van der Waals surface area (Å²) in [6.07, 6.45) is 0. The quantitative estimate of drug-likeness (QED) is 0.168. The monoisotopic (exact) mass is 698 g/mol. The molecule has 0 spiro atoms. The first-order valence-electron chi connectivity index (χ1n) is 18.9. The molecule has 4 heteroatoms. The van der Waals surface area contributed by atoms with Crippen LogP contribution in [0.25, 0.3) is 120 Å². The van der Waals surface area contributed by atoms with E-state index >= 15 is 0 Å². The average molecular weight is 699 g/mol. The molecule has 13 aromatic rings. The van der Waals surface area contributed by atoms with E-state index in [1.165, 1.54) is 76.0 Å². The molecule has 55 heavy (non-hydrogen) atoms. The standard InChI is InChI=1S/C51H30N4/c1-29-21-23-31(24-22-29)46-40-26-25-30-11-2-5-14-34(30)47(40)53-51(52-46)55-49-35-15-6-3-12-32(35)27-41-39-19-10-18-38-37-17-8-9-20-42(37)54(48(38)39)43-28-33-13-4-7-16-36(33)50(55)45(43)44(41)49/h2-28H,1H3. The van der Waals surface area contributed by atoms with Gasteiger partial charge in [-0.3, -0.25) is 4.57 Å². The molecule has 13 rings (SSSR count). The smallest absolute Gasteiger partial charge is 0.235 e. The predicted octanol–water partition coefficient (Wildman–Crippen LogP) is 13.3. The minimum absolute atomic E-state index is 0.667. The number of fused-ring (bicyclic) bond motifs is 12. The molecular formula is C51H30N4. The van der Waals surface area contributed by atoms with Gasteiger partial charge in [0.15, 0.2) is 0 Å². The summed E-state index contributed by atoms with van der Waals surface area (Å²) >= 11 is 0. The van der Waals surface area contributed by atoms with Crippen LogP contribution in [-0.2, 0) is 0 Å². The molecule has 0 amide bonds. The van der Waals surface area contributed by atoms with Crippen molar-refractivity contribution in [3.63, 3.8) is 0 Å². The van der Waals surface area contributed by atoms with Crippen LogP contribution in [-0.4, -0.2) is 18.9 Å². The van der Waals surface area contributed by atoms with Crippen LogP contribution in [0.1, 0.15) is 5.56 Å². The first-order chi connectivity index (χ1) is 27.2. The van der Waals surface area contributed by atoms with E-state index in [9.17, 15) is 0 Å². The lowest BCUT2D eigenvalue weighted by molar-refractivity contribution is 1.02. The fourth-order valence-electron chi connectivity index (χ4n) is 9.68. The zero-order valence-electron chi connectivity index (χ0n) is 29.9. The number of rotatable bonds is 2. The van der Waals surface area contributed by atoms with Crippen LogP contribution in [0, 0.1) is 6.92 Å². The molecular weight excluding hydrogens is 669 g/mol. The number of hydrogen-bond donors (Lipinski definition) is 0. The van der Waals surface area contributed by atoms with Gasteiger partial charge < -0.3 is 4.40 Å². The summed E-state index contributed by atoms with van der Waals surface area (Å²) in [7, 11) is 0. The van der Waals surface area contributed by atoms with Crippen molar-refractivity contribution in [2.75, 3.05) is 0 Å². The van der Waals surface area contributed by atoms with Gasteiger partial charge in [0.05, 0.1) is 38.8 Å². The van der Waals surface area contributed by atoms with E-state index < -0.39 is 0 Å². The molecule has 4 aromatic heterocycles. The van der Waals surface area contributed by atoms with Crippen molar-refractivity contribution in [3.05, 3.63) is 169 Å². The fraction of sp³-hybridized carbons (Fsp3) is 0.0196. The predicted molar refractivity (Wildman–Crippen MR) is 231 cm³/mol. The molecule has 0 fully saturated rings. The van der Waals surface area contributed by atoms with Crippen molar-refractivity contribution in [2.24, 2.45) is 0 Å². The fourth-order valence-corrected chi connectivity index (χ4v) is 9.68. The Balaban J connectivity index is 1.36. The molecule has 0 radical (unpaired) electrons. The van der Waals surface area contributed by atoms with Crippen molar-refractivity contribution in [2.45, 2.75) is 6.92 Å². The zero-order chi connectivity index (χ0) is 35.9. The summed E-state index contributed by atoms with van der Waals surface area (Å²) in [6.45, 7) is 2.13. The number of hydrogen-bond acceptors (Lipinski definition) is 2. The third-order valence-corrected chi connectivity index (χ3v) is 12.1. The van der Waals surface area contributed by atoms with Crippen LogP contribution in [0.3, 0.4) is 0 Å². The van der Waals surface area contributed by atoms with Crippen LogP contribution in [0.2, 0.25) is 0 Å². The van der Waals surface area contributed by atoms with Gasteiger partial charge in [0, 0.05) is 54.0 Å². The van der Waals surface area contributed by atoms with E-state index in [1.54, 1.807) is 0 Å². The van der Waals surface area contributed by atoms with Crippen molar-refractivity contribution < 1.29 is 0 Å². The Labute approximate surface area is 314 Å². The van der Waals surface area contributed by atoms with E-state index in [4.69, 9.17) is 9.97 Å². The lowest BCUT2D eigenvalue weighted by Crippen LogP contribution is -2.04. The largest absolute Gasteiger partial charge is 0.308 e. The van der Waals surface area contributed by atoms with Crippen LogP contribution in [0.5, 0.6) is 0 Å². The van der Waals surface area contributed by atoms with E-state index in [0.29, 0.717) is 5.95 Å². The van der Waals surface area contributed by atoms with Crippen LogP contribution in [0.4, 0.5) is 0 Å². The number of aryl methyl sites for hydroxylation is 1. The van der Waals surface area contributed by atoms with Gasteiger partial charge in [0.25, 0.3) is 0 Å².